The van der Waals surface area contributed by atoms with Gasteiger partial charge in [0.25, 0.3) is 0 Å². The molecule has 0 aromatic carbocycles. The van der Waals surface area contributed by atoms with Gasteiger partial charge in [0.2, 0.25) is 0 Å². The minimum absolute atomic E-state index is 0.762. The van der Waals surface area contributed by atoms with Crippen molar-refractivity contribution in [3.8, 4) is 0 Å². The van der Waals surface area contributed by atoms with E-state index in [1.54, 1.807) is 0 Å². The highest BCUT2D eigenvalue weighted by Crippen LogP contribution is 2.47. The molecular formula is C10H16O. The standard InChI is InChI=1S/C10H16O/c11-5-4-8-6-10(7-8)9-2-1-3-9/h5,8-10H,1-4,6-7H2. The van der Waals surface area contributed by atoms with Gasteiger partial charge in [0, 0.05) is 6.42 Å². The van der Waals surface area contributed by atoms with E-state index in [4.69, 9.17) is 0 Å². The van der Waals surface area contributed by atoms with Gasteiger partial charge in [0.15, 0.2) is 0 Å². The molecular weight excluding hydrogens is 136 g/mol. The Bertz CT molecular complexity index is 143. The van der Waals surface area contributed by atoms with Crippen LogP contribution < -0.4 is 0 Å². The molecule has 2 aliphatic rings. The summed E-state index contributed by atoms with van der Waals surface area (Å²) in [5, 5.41) is 0. The van der Waals surface area contributed by atoms with E-state index in [0.29, 0.717) is 0 Å². The van der Waals surface area contributed by atoms with Crippen LogP contribution in [0.4, 0.5) is 0 Å². The Hall–Kier alpha value is -0.330. The van der Waals surface area contributed by atoms with E-state index in [1.807, 2.05) is 0 Å². The fourth-order valence-corrected chi connectivity index (χ4v) is 2.41. The molecule has 0 aromatic rings. The summed E-state index contributed by atoms with van der Waals surface area (Å²) in [5.41, 5.74) is 0. The van der Waals surface area contributed by atoms with Gasteiger partial charge >= 0.3 is 0 Å². The first-order chi connectivity index (χ1) is 5.40. The molecule has 0 amide bonds. The Balaban J connectivity index is 1.66. The normalized spacial score (nSPS) is 37.5. The lowest BCUT2D eigenvalue weighted by molar-refractivity contribution is -0.109. The molecule has 0 N–H and O–H groups in total. The largest absolute Gasteiger partial charge is 0.303 e. The maximum atomic E-state index is 10.2. The van der Waals surface area contributed by atoms with Crippen LogP contribution in [0.15, 0.2) is 0 Å². The number of carbonyl (C=O) groups excluding carboxylic acids is 1. The van der Waals surface area contributed by atoms with Crippen molar-refractivity contribution in [1.82, 2.24) is 0 Å². The summed E-state index contributed by atoms with van der Waals surface area (Å²) in [6.07, 6.45) is 9.01. The fraction of sp³-hybridized carbons (Fsp3) is 0.900. The minimum atomic E-state index is 0.762. The Morgan fingerprint density at radius 1 is 1.18 bits per heavy atom. The zero-order valence-corrected chi connectivity index (χ0v) is 6.96. The lowest BCUT2D eigenvalue weighted by Crippen LogP contribution is -2.33. The zero-order chi connectivity index (χ0) is 7.68. The van der Waals surface area contributed by atoms with Gasteiger partial charge in [-0.05, 0) is 30.6 Å². The van der Waals surface area contributed by atoms with Gasteiger partial charge in [-0.3, -0.25) is 0 Å². The van der Waals surface area contributed by atoms with Crippen LogP contribution in [-0.2, 0) is 4.79 Å². The SMILES string of the molecule is O=CCC1CC(C2CCC2)C1. The molecule has 2 rings (SSSR count). The van der Waals surface area contributed by atoms with E-state index in [1.165, 1.54) is 32.1 Å². The number of hydrogen-bond donors (Lipinski definition) is 0. The fourth-order valence-electron chi connectivity index (χ4n) is 2.41. The Morgan fingerprint density at radius 3 is 2.36 bits per heavy atom. The van der Waals surface area contributed by atoms with E-state index >= 15 is 0 Å². The third-order valence-electron chi connectivity index (χ3n) is 3.52. The molecule has 0 aliphatic heterocycles. The molecule has 2 saturated carbocycles. The molecule has 0 bridgehead atoms. The molecule has 0 unspecified atom stereocenters. The third-order valence-corrected chi connectivity index (χ3v) is 3.52. The predicted octanol–water partition coefficient (Wildman–Crippen LogP) is 2.40. The summed E-state index contributed by atoms with van der Waals surface area (Å²) < 4.78 is 0. The summed E-state index contributed by atoms with van der Waals surface area (Å²) in [4.78, 5) is 10.2. The Kier molecular flexibility index (Phi) is 1.97. The maximum Gasteiger partial charge on any atom is 0.120 e. The van der Waals surface area contributed by atoms with Gasteiger partial charge in [0.1, 0.15) is 6.29 Å². The minimum Gasteiger partial charge on any atom is -0.303 e. The zero-order valence-electron chi connectivity index (χ0n) is 6.96. The van der Waals surface area contributed by atoms with E-state index in [0.717, 1.165) is 30.5 Å². The van der Waals surface area contributed by atoms with Crippen molar-refractivity contribution in [1.29, 1.82) is 0 Å². The van der Waals surface area contributed by atoms with E-state index < -0.39 is 0 Å². The van der Waals surface area contributed by atoms with Crippen molar-refractivity contribution in [2.24, 2.45) is 17.8 Å². The van der Waals surface area contributed by atoms with Gasteiger partial charge < -0.3 is 4.79 Å². The monoisotopic (exact) mass is 152 g/mol. The van der Waals surface area contributed by atoms with Crippen molar-refractivity contribution in [2.45, 2.75) is 38.5 Å². The highest BCUT2D eigenvalue weighted by Gasteiger charge is 2.36. The van der Waals surface area contributed by atoms with Gasteiger partial charge in [0.05, 0.1) is 0 Å². The first-order valence-corrected chi connectivity index (χ1v) is 4.84. The maximum absolute atomic E-state index is 10.2. The van der Waals surface area contributed by atoms with Crippen LogP contribution >= 0.6 is 0 Å². The van der Waals surface area contributed by atoms with Crippen LogP contribution in [-0.4, -0.2) is 6.29 Å². The lowest BCUT2D eigenvalue weighted by Gasteiger charge is -2.43. The van der Waals surface area contributed by atoms with Crippen LogP contribution in [0.2, 0.25) is 0 Å². The van der Waals surface area contributed by atoms with Crippen LogP contribution in [0.3, 0.4) is 0 Å². The molecule has 0 aromatic heterocycles. The first-order valence-electron chi connectivity index (χ1n) is 4.84. The predicted molar refractivity (Wildman–Crippen MR) is 44.2 cm³/mol. The summed E-state index contributed by atoms with van der Waals surface area (Å²) in [7, 11) is 0. The van der Waals surface area contributed by atoms with Crippen LogP contribution in [0.5, 0.6) is 0 Å². The van der Waals surface area contributed by atoms with E-state index in [-0.39, 0.29) is 0 Å². The quantitative estimate of drug-likeness (QED) is 0.567. The molecule has 0 saturated heterocycles. The highest BCUT2D eigenvalue weighted by atomic mass is 16.1. The third kappa shape index (κ3) is 1.33. The summed E-state index contributed by atoms with van der Waals surface area (Å²) >= 11 is 0. The molecule has 2 aliphatic carbocycles. The van der Waals surface area contributed by atoms with Crippen LogP contribution in [0.1, 0.15) is 38.5 Å². The van der Waals surface area contributed by atoms with Crippen LogP contribution in [0, 0.1) is 17.8 Å². The molecule has 1 nitrogen and oxygen atoms in total. The molecule has 2 fully saturated rings. The van der Waals surface area contributed by atoms with Gasteiger partial charge in [-0.15, -0.1) is 0 Å². The van der Waals surface area contributed by atoms with Crippen molar-refractivity contribution < 1.29 is 4.79 Å². The Morgan fingerprint density at radius 2 is 1.91 bits per heavy atom. The highest BCUT2D eigenvalue weighted by molar-refractivity contribution is 5.49. The van der Waals surface area contributed by atoms with Crippen molar-refractivity contribution in [3.63, 3.8) is 0 Å². The van der Waals surface area contributed by atoms with Gasteiger partial charge in [-0.1, -0.05) is 19.3 Å². The summed E-state index contributed by atoms with van der Waals surface area (Å²) in [6, 6.07) is 0. The molecule has 1 heteroatoms. The lowest BCUT2D eigenvalue weighted by atomic mass is 9.62. The van der Waals surface area contributed by atoms with E-state index in [2.05, 4.69) is 0 Å². The van der Waals surface area contributed by atoms with Crippen molar-refractivity contribution >= 4 is 6.29 Å². The second-order valence-corrected chi connectivity index (χ2v) is 4.19. The second-order valence-electron chi connectivity index (χ2n) is 4.19. The van der Waals surface area contributed by atoms with Crippen molar-refractivity contribution in [3.05, 3.63) is 0 Å². The molecule has 62 valence electrons. The smallest absolute Gasteiger partial charge is 0.120 e. The number of hydrogen-bond acceptors (Lipinski definition) is 1. The average Bonchev–Trinajstić information content (AvgIpc) is 1.79. The molecule has 0 radical (unpaired) electrons. The molecule has 0 spiro atoms. The molecule has 0 heterocycles. The van der Waals surface area contributed by atoms with Gasteiger partial charge in [-0.2, -0.15) is 0 Å². The number of aldehydes is 1. The second kappa shape index (κ2) is 2.96. The van der Waals surface area contributed by atoms with Crippen molar-refractivity contribution in [2.75, 3.05) is 0 Å². The van der Waals surface area contributed by atoms with Gasteiger partial charge in [-0.25, -0.2) is 0 Å². The Labute approximate surface area is 68.2 Å². The van der Waals surface area contributed by atoms with Crippen LogP contribution in [0.25, 0.3) is 0 Å². The number of carbonyl (C=O) groups is 1. The first kappa shape index (κ1) is 7.33. The number of rotatable bonds is 3. The molecule has 11 heavy (non-hydrogen) atoms. The van der Waals surface area contributed by atoms with E-state index in [9.17, 15) is 4.79 Å². The summed E-state index contributed by atoms with van der Waals surface area (Å²) in [5.74, 6) is 2.82. The topological polar surface area (TPSA) is 17.1 Å². The summed E-state index contributed by atoms with van der Waals surface area (Å²) in [6.45, 7) is 0. The molecule has 0 atom stereocenters. The average molecular weight is 152 g/mol.